The van der Waals surface area contributed by atoms with E-state index >= 15 is 4.79 Å². The number of ether oxygens (including phenoxy) is 11. The number of fused-ring (bicyclic) bond motifs is 4. The Morgan fingerprint density at radius 3 is 2.01 bits per heavy atom. The van der Waals surface area contributed by atoms with Crippen LogP contribution in [-0.4, -0.2) is 202 Å². The Morgan fingerprint density at radius 1 is 0.747 bits per heavy atom. The molecule has 0 aromatic carbocycles. The number of rotatable bonds is 12. The van der Waals surface area contributed by atoms with Crippen molar-refractivity contribution in [3.8, 4) is 0 Å². The number of methoxy groups -OCH3 is 2. The number of carbonyl (C=O) groups excluding carboxylic acids is 3. The van der Waals surface area contributed by atoms with Gasteiger partial charge in [0.15, 0.2) is 30.9 Å². The summed E-state index contributed by atoms with van der Waals surface area (Å²) in [5.41, 5.74) is -2.84. The van der Waals surface area contributed by atoms with Gasteiger partial charge in [-0.3, -0.25) is 20.0 Å². The molecule has 83 heavy (non-hydrogen) atoms. The number of hydrogen-bond acceptors (Lipinski definition) is 22. The maximum absolute atomic E-state index is 16.1. The molecule has 12 unspecified atom stereocenters. The highest BCUT2D eigenvalue weighted by molar-refractivity contribution is 6.05. The highest BCUT2D eigenvalue weighted by atomic mass is 16.8. The third-order valence-corrected chi connectivity index (χ3v) is 20.8. The number of carbonyl (C=O) groups is 3. The average molecular weight is 1180 g/mol. The molecule has 1 amide bonds. The van der Waals surface area contributed by atoms with Gasteiger partial charge in [0, 0.05) is 62.6 Å². The van der Waals surface area contributed by atoms with Gasteiger partial charge in [0.2, 0.25) is 0 Å². The van der Waals surface area contributed by atoms with E-state index in [1.54, 1.807) is 34.6 Å². The van der Waals surface area contributed by atoms with Crippen molar-refractivity contribution in [1.82, 2.24) is 10.5 Å². The number of hydrogen-bond donors (Lipinski definition) is 8. The minimum absolute atomic E-state index is 0.0239. The number of amides is 1. The predicted octanol–water partition coefficient (Wildman–Crippen LogP) is 4.38. The molecule has 470 valence electrons. The number of allylic oxidation sites excluding steroid dienone is 2. The summed E-state index contributed by atoms with van der Waals surface area (Å²) in [5, 5.41) is 81.0. The first-order chi connectivity index (χ1) is 39.2. The SMILES string of the molecule is COC(=O)NC1C(C)O[C@@H](O[C@@H]2C/C=C(/C)[C@H]3C=C[C@H]4[C@@H](O[C@@H]5C[C@@H](O[C@H]6C[C@@H](O)[C@H](OC7C[C@@H](O)C(OC)C(C)O7)C(C)O6)[C@H](O)C(C)O5)[C@H](C)C[C@@H](C)[C@H]4[C@]3(C)C(=O)C3C(=O)OC4(CCC(CO)CC4/C=C\2C)[C@@H]3O)CC1(C)N(O)O. The molecule has 5 saturated heterocycles. The Bertz CT molecular complexity index is 2370. The molecule has 0 aromatic rings. The van der Waals surface area contributed by atoms with E-state index in [9.17, 15) is 45.5 Å². The second kappa shape index (κ2) is 25.6. The number of nitrogens with one attached hydrogen (secondary N) is 1. The quantitative estimate of drug-likeness (QED) is 0.0582. The summed E-state index contributed by atoms with van der Waals surface area (Å²) in [5.74, 6) is -5.17. The van der Waals surface area contributed by atoms with Crippen LogP contribution in [-0.2, 0) is 61.7 Å². The number of esters is 1. The van der Waals surface area contributed by atoms with Gasteiger partial charge in [0.05, 0.1) is 73.6 Å². The standard InChI is InChI=1S/C60H94N2O21/c1-27-13-16-41(79-46-25-58(9,62(71)72)53(34(8)78-46)61-57(70)74-12)28(2)20-36-21-35(26-63)17-18-60(36)55(68)47(56(69)83-60)54(67)59(10)38(27)15-14-37-48(59)29(3)19-30(4)50(37)81-45-24-42(49(66)31(5)75-45)80-43-23-40(65)52(33(7)77-43)82-44-22-39(64)51(73-11)32(6)76-44/h13-15,20,29-53,55,63-66,68,71-72H,16-19,21-26H2,1-12H3,(H,61,70)/b27-13-,28-20-/t29-,30-,31?,32?,33?,34?,35?,36?,37-,38-,39-,40-,41-,42-,43+,44?,45-,46+,47?,48-,49-,50+,51?,52-,53?,55-,58?,59-,60?/m1/s1. The maximum Gasteiger partial charge on any atom is 0.407 e. The molecule has 2 saturated carbocycles. The van der Waals surface area contributed by atoms with Gasteiger partial charge in [-0.2, -0.15) is 0 Å². The van der Waals surface area contributed by atoms with E-state index in [1.807, 2.05) is 39.0 Å². The summed E-state index contributed by atoms with van der Waals surface area (Å²) in [4.78, 5) is 43.2. The van der Waals surface area contributed by atoms with Gasteiger partial charge < -0.3 is 83.0 Å². The highest BCUT2D eigenvalue weighted by Crippen LogP contribution is 2.60. The van der Waals surface area contributed by atoms with Crippen LogP contribution in [0.1, 0.15) is 127 Å². The fourth-order valence-electron chi connectivity index (χ4n) is 16.3. The van der Waals surface area contributed by atoms with Crippen LogP contribution < -0.4 is 5.32 Å². The van der Waals surface area contributed by atoms with Crippen LogP contribution >= 0.6 is 0 Å². The number of alkyl carbamates (subject to hydrolysis) is 1. The van der Waals surface area contributed by atoms with Gasteiger partial charge in [0.1, 0.15) is 35.9 Å². The molecule has 9 rings (SSSR count). The summed E-state index contributed by atoms with van der Waals surface area (Å²) in [6.45, 7) is 18.3. The zero-order valence-electron chi connectivity index (χ0n) is 50.2. The second-order valence-corrected chi connectivity index (χ2v) is 26.2. The van der Waals surface area contributed by atoms with E-state index < -0.39 is 175 Å². The molecule has 5 heterocycles. The smallest absolute Gasteiger partial charge is 0.407 e. The van der Waals surface area contributed by atoms with Crippen LogP contribution in [0.5, 0.6) is 0 Å². The van der Waals surface area contributed by atoms with Crippen molar-refractivity contribution in [2.75, 3.05) is 20.8 Å². The van der Waals surface area contributed by atoms with Gasteiger partial charge in [-0.05, 0) is 110 Å². The normalized spacial score (nSPS) is 50.8. The average Bonchev–Trinajstić information content (AvgIpc) is 1.96. The van der Waals surface area contributed by atoms with E-state index in [2.05, 4.69) is 25.2 Å². The van der Waals surface area contributed by atoms with Crippen LogP contribution in [0.15, 0.2) is 35.5 Å². The molecule has 7 fully saturated rings. The van der Waals surface area contributed by atoms with Crippen molar-refractivity contribution in [3.63, 3.8) is 0 Å². The lowest BCUT2D eigenvalue weighted by atomic mass is 9.48. The zero-order chi connectivity index (χ0) is 60.4. The first-order valence-electron chi connectivity index (χ1n) is 30.1. The maximum atomic E-state index is 16.1. The van der Waals surface area contributed by atoms with Crippen molar-refractivity contribution in [2.24, 2.45) is 52.8 Å². The van der Waals surface area contributed by atoms with Crippen molar-refractivity contribution in [1.29, 1.82) is 0 Å². The van der Waals surface area contributed by atoms with Gasteiger partial charge in [-0.15, -0.1) is 0 Å². The third-order valence-electron chi connectivity index (χ3n) is 20.8. The molecule has 8 N–H and O–H groups in total. The van der Waals surface area contributed by atoms with E-state index in [-0.39, 0.29) is 68.1 Å². The minimum Gasteiger partial charge on any atom is -0.455 e. The lowest BCUT2D eigenvalue weighted by Gasteiger charge is -2.56. The van der Waals surface area contributed by atoms with Gasteiger partial charge in [0.25, 0.3) is 0 Å². The fraction of sp³-hybridized carbons (Fsp3) is 0.850. The van der Waals surface area contributed by atoms with Crippen LogP contribution in [0, 0.1) is 52.8 Å². The largest absolute Gasteiger partial charge is 0.455 e. The Kier molecular flexibility index (Phi) is 19.9. The Hall–Kier alpha value is -3.05. The minimum atomic E-state index is -1.54. The van der Waals surface area contributed by atoms with Crippen LogP contribution in [0.3, 0.4) is 0 Å². The van der Waals surface area contributed by atoms with E-state index in [0.29, 0.717) is 24.8 Å². The van der Waals surface area contributed by atoms with Gasteiger partial charge >= 0.3 is 12.1 Å². The van der Waals surface area contributed by atoms with E-state index in [0.717, 1.165) is 5.57 Å². The molecular weight excluding hydrogens is 1080 g/mol. The first-order valence-corrected chi connectivity index (χ1v) is 30.1. The van der Waals surface area contributed by atoms with E-state index in [4.69, 9.17) is 52.1 Å². The lowest BCUT2D eigenvalue weighted by molar-refractivity contribution is -0.390. The number of aliphatic hydroxyl groups is 5. The molecule has 23 nitrogen and oxygen atoms in total. The summed E-state index contributed by atoms with van der Waals surface area (Å²) >= 11 is 0. The molecular formula is C60H94N2O21. The molecule has 4 aliphatic carbocycles. The number of Topliss-reactive ketones (excluding diaryl/α,β-unsaturated/α-hetero) is 1. The Labute approximate surface area is 487 Å². The number of hydroxylamine groups is 2. The van der Waals surface area contributed by atoms with Crippen molar-refractivity contribution >= 4 is 17.8 Å². The highest BCUT2D eigenvalue weighted by Gasteiger charge is 2.67. The number of nitrogens with zero attached hydrogens (tertiary/aromatic N) is 1. The molecule has 0 aromatic heterocycles. The van der Waals surface area contributed by atoms with Crippen LogP contribution in [0.2, 0.25) is 0 Å². The van der Waals surface area contributed by atoms with Crippen molar-refractivity contribution < 1.29 is 102 Å². The molecule has 0 radical (unpaired) electrons. The van der Waals surface area contributed by atoms with Crippen LogP contribution in [0.25, 0.3) is 0 Å². The zero-order valence-corrected chi connectivity index (χ0v) is 50.2. The lowest BCUT2D eigenvalue weighted by Crippen LogP contribution is -2.68. The molecule has 29 atom stereocenters. The van der Waals surface area contributed by atoms with Crippen molar-refractivity contribution in [3.05, 3.63) is 35.5 Å². The second-order valence-electron chi connectivity index (χ2n) is 26.2. The molecule has 23 heteroatoms. The topological polar surface area (TPSA) is 310 Å². The Morgan fingerprint density at radius 2 is 1.37 bits per heavy atom. The van der Waals surface area contributed by atoms with Gasteiger partial charge in [-0.25, -0.2) is 4.79 Å². The number of ketones is 1. The summed E-state index contributed by atoms with van der Waals surface area (Å²) < 4.78 is 68.2. The fourth-order valence-corrected chi connectivity index (χ4v) is 16.3. The molecule has 5 aliphatic heterocycles. The predicted molar refractivity (Wildman–Crippen MR) is 291 cm³/mol. The van der Waals surface area contributed by atoms with Crippen LogP contribution in [0.4, 0.5) is 4.79 Å². The van der Waals surface area contributed by atoms with Gasteiger partial charge in [-0.1, -0.05) is 55.9 Å². The Balaban J connectivity index is 0.988. The first kappa shape index (κ1) is 64.4. The van der Waals surface area contributed by atoms with Crippen molar-refractivity contribution in [2.45, 2.75) is 249 Å². The summed E-state index contributed by atoms with van der Waals surface area (Å²) in [7, 11) is 2.71. The summed E-state index contributed by atoms with van der Waals surface area (Å²) in [6, 6.07) is -0.940. The molecule has 1 spiro atoms. The monoisotopic (exact) mass is 1180 g/mol. The van der Waals surface area contributed by atoms with E-state index in [1.165, 1.54) is 14.2 Å². The summed E-state index contributed by atoms with van der Waals surface area (Å²) in [6.07, 6.45) is -4.85. The molecule has 2 bridgehead atoms. The number of aliphatic hydroxyl groups excluding tert-OH is 5. The third kappa shape index (κ3) is 12.3. The molecule has 9 aliphatic rings.